The molecule has 1 atom stereocenters. The number of hydrogen-bond donors (Lipinski definition) is 2. The van der Waals surface area contributed by atoms with Crippen molar-refractivity contribution in [1.82, 2.24) is 10.2 Å². The Labute approximate surface area is 125 Å². The summed E-state index contributed by atoms with van der Waals surface area (Å²) in [6, 6.07) is 6.45. The molecule has 1 aliphatic heterocycles. The molecule has 0 saturated carbocycles. The molecule has 0 radical (unpaired) electrons. The second-order valence-corrected chi connectivity index (χ2v) is 5.88. The summed E-state index contributed by atoms with van der Waals surface area (Å²) in [7, 11) is 0. The predicted octanol–water partition coefficient (Wildman–Crippen LogP) is 3.45. The molecule has 2 aromatic rings. The number of H-pyrrole nitrogens is 1. The van der Waals surface area contributed by atoms with Crippen molar-refractivity contribution in [2.24, 2.45) is 0 Å². The number of anilines is 1. The van der Waals surface area contributed by atoms with E-state index in [0.717, 1.165) is 18.5 Å². The minimum absolute atomic E-state index is 0.0444. The van der Waals surface area contributed by atoms with Crippen molar-refractivity contribution in [3.8, 4) is 0 Å². The van der Waals surface area contributed by atoms with Crippen LogP contribution in [0.15, 0.2) is 18.2 Å². The van der Waals surface area contributed by atoms with Gasteiger partial charge in [0.15, 0.2) is 5.82 Å². The lowest BCUT2D eigenvalue weighted by Crippen LogP contribution is -2.24. The molecule has 2 N–H and O–H groups in total. The van der Waals surface area contributed by atoms with E-state index in [1.165, 1.54) is 22.3 Å². The third-order valence-electron chi connectivity index (χ3n) is 4.19. The number of aromatic nitrogens is 2. The second kappa shape index (κ2) is 5.35. The van der Waals surface area contributed by atoms with Crippen LogP contribution in [0.3, 0.4) is 0 Å². The van der Waals surface area contributed by atoms with Gasteiger partial charge in [0.25, 0.3) is 0 Å². The largest absolute Gasteiger partial charge is 0.309 e. The van der Waals surface area contributed by atoms with Crippen LogP contribution in [-0.2, 0) is 11.2 Å². The van der Waals surface area contributed by atoms with Crippen molar-refractivity contribution in [3.05, 3.63) is 46.1 Å². The highest BCUT2D eigenvalue weighted by Crippen LogP contribution is 2.39. The van der Waals surface area contributed by atoms with Gasteiger partial charge in [-0.15, -0.1) is 0 Å². The molecule has 1 unspecified atom stereocenters. The molecule has 1 aliphatic rings. The van der Waals surface area contributed by atoms with Crippen LogP contribution in [0, 0.1) is 13.8 Å². The van der Waals surface area contributed by atoms with Crippen LogP contribution in [0.2, 0.25) is 0 Å². The van der Waals surface area contributed by atoms with Gasteiger partial charge in [-0.05, 0) is 31.4 Å². The van der Waals surface area contributed by atoms with Crippen LogP contribution in [-0.4, -0.2) is 16.1 Å². The van der Waals surface area contributed by atoms with Crippen molar-refractivity contribution in [3.63, 3.8) is 0 Å². The molecular formula is C17H21N3O. The topological polar surface area (TPSA) is 57.8 Å². The van der Waals surface area contributed by atoms with Gasteiger partial charge >= 0.3 is 0 Å². The molecule has 0 bridgehead atoms. The molecule has 3 rings (SSSR count). The van der Waals surface area contributed by atoms with Gasteiger partial charge in [-0.25, -0.2) is 0 Å². The number of amides is 1. The SMILES string of the molecule is CCCc1[nH]nc2c1C(c1cc(C)ccc1C)CC(=O)N2. The number of carbonyl (C=O) groups is 1. The van der Waals surface area contributed by atoms with Crippen molar-refractivity contribution >= 4 is 11.7 Å². The first-order valence-electron chi connectivity index (χ1n) is 7.54. The maximum Gasteiger partial charge on any atom is 0.226 e. The summed E-state index contributed by atoms with van der Waals surface area (Å²) >= 11 is 0. The van der Waals surface area contributed by atoms with Crippen LogP contribution < -0.4 is 5.32 Å². The summed E-state index contributed by atoms with van der Waals surface area (Å²) in [5, 5.41) is 10.3. The summed E-state index contributed by atoms with van der Waals surface area (Å²) in [5.41, 5.74) is 6.02. The van der Waals surface area contributed by atoms with E-state index in [2.05, 4.69) is 54.5 Å². The monoisotopic (exact) mass is 283 g/mol. The molecule has 4 nitrogen and oxygen atoms in total. The Kier molecular flexibility index (Phi) is 3.53. The summed E-state index contributed by atoms with van der Waals surface area (Å²) in [4.78, 5) is 12.0. The molecule has 0 spiro atoms. The summed E-state index contributed by atoms with van der Waals surface area (Å²) in [5.74, 6) is 0.859. The van der Waals surface area contributed by atoms with Gasteiger partial charge in [0, 0.05) is 23.6 Å². The molecular weight excluding hydrogens is 262 g/mol. The Balaban J connectivity index is 2.13. The molecule has 0 fully saturated rings. The van der Waals surface area contributed by atoms with Crippen LogP contribution in [0.4, 0.5) is 5.82 Å². The van der Waals surface area contributed by atoms with E-state index in [0.29, 0.717) is 12.2 Å². The smallest absolute Gasteiger partial charge is 0.226 e. The highest BCUT2D eigenvalue weighted by molar-refractivity contribution is 5.94. The van der Waals surface area contributed by atoms with E-state index in [1.807, 2.05) is 0 Å². The van der Waals surface area contributed by atoms with Gasteiger partial charge < -0.3 is 5.32 Å². The van der Waals surface area contributed by atoms with Gasteiger partial charge in [0.1, 0.15) is 0 Å². The fourth-order valence-corrected chi connectivity index (χ4v) is 3.17. The predicted molar refractivity (Wildman–Crippen MR) is 83.6 cm³/mol. The zero-order chi connectivity index (χ0) is 15.0. The number of carbonyl (C=O) groups excluding carboxylic acids is 1. The first-order valence-corrected chi connectivity index (χ1v) is 7.54. The second-order valence-electron chi connectivity index (χ2n) is 5.88. The zero-order valence-electron chi connectivity index (χ0n) is 12.8. The molecule has 0 aliphatic carbocycles. The lowest BCUT2D eigenvalue weighted by atomic mass is 9.82. The minimum atomic E-state index is 0.0444. The fraction of sp³-hybridized carbons (Fsp3) is 0.412. The quantitative estimate of drug-likeness (QED) is 0.906. The third-order valence-corrected chi connectivity index (χ3v) is 4.19. The number of nitrogens with one attached hydrogen (secondary N) is 2. The average Bonchev–Trinajstić information content (AvgIpc) is 2.84. The normalized spacial score (nSPS) is 17.5. The van der Waals surface area contributed by atoms with Crippen molar-refractivity contribution < 1.29 is 4.79 Å². The zero-order valence-corrected chi connectivity index (χ0v) is 12.8. The number of rotatable bonds is 3. The van der Waals surface area contributed by atoms with Crippen LogP contribution in [0.1, 0.15) is 53.6 Å². The fourth-order valence-electron chi connectivity index (χ4n) is 3.17. The highest BCUT2D eigenvalue weighted by atomic mass is 16.1. The van der Waals surface area contributed by atoms with E-state index in [1.54, 1.807) is 0 Å². The number of aryl methyl sites for hydroxylation is 3. The Morgan fingerprint density at radius 2 is 2.14 bits per heavy atom. The molecule has 1 aromatic heterocycles. The first kappa shape index (κ1) is 13.9. The Bertz CT molecular complexity index is 687. The molecule has 1 amide bonds. The van der Waals surface area contributed by atoms with Crippen molar-refractivity contribution in [2.75, 3.05) is 5.32 Å². The van der Waals surface area contributed by atoms with Crippen LogP contribution in [0.5, 0.6) is 0 Å². The molecule has 21 heavy (non-hydrogen) atoms. The Morgan fingerprint density at radius 1 is 1.33 bits per heavy atom. The number of aromatic amines is 1. The van der Waals surface area contributed by atoms with Gasteiger partial charge in [-0.2, -0.15) is 5.10 Å². The van der Waals surface area contributed by atoms with Crippen LogP contribution >= 0.6 is 0 Å². The summed E-state index contributed by atoms with van der Waals surface area (Å²) in [6.45, 7) is 6.36. The number of nitrogens with zero attached hydrogens (tertiary/aromatic N) is 1. The van der Waals surface area contributed by atoms with Crippen LogP contribution in [0.25, 0.3) is 0 Å². The number of benzene rings is 1. The average molecular weight is 283 g/mol. The summed E-state index contributed by atoms with van der Waals surface area (Å²) < 4.78 is 0. The van der Waals surface area contributed by atoms with Crippen molar-refractivity contribution in [2.45, 2.75) is 46.0 Å². The Hall–Kier alpha value is -2.10. The highest BCUT2D eigenvalue weighted by Gasteiger charge is 2.31. The lowest BCUT2D eigenvalue weighted by Gasteiger charge is -2.25. The summed E-state index contributed by atoms with van der Waals surface area (Å²) in [6.07, 6.45) is 2.51. The maximum atomic E-state index is 12.0. The standard InChI is InChI=1S/C17H21N3O/c1-4-5-14-16-13(9-15(21)18-17(16)20-19-14)12-8-10(2)6-7-11(12)3/h6-8,13H,4-5,9H2,1-3H3,(H2,18,19,20,21). The molecule has 2 heterocycles. The van der Waals surface area contributed by atoms with E-state index in [9.17, 15) is 4.79 Å². The van der Waals surface area contributed by atoms with E-state index in [-0.39, 0.29) is 11.8 Å². The minimum Gasteiger partial charge on any atom is -0.309 e. The van der Waals surface area contributed by atoms with Gasteiger partial charge in [0.2, 0.25) is 5.91 Å². The number of fused-ring (bicyclic) bond motifs is 1. The molecule has 110 valence electrons. The maximum absolute atomic E-state index is 12.0. The first-order chi connectivity index (χ1) is 10.1. The van der Waals surface area contributed by atoms with Crippen molar-refractivity contribution in [1.29, 1.82) is 0 Å². The van der Waals surface area contributed by atoms with E-state index < -0.39 is 0 Å². The Morgan fingerprint density at radius 3 is 2.90 bits per heavy atom. The third kappa shape index (κ3) is 2.46. The molecule has 0 saturated heterocycles. The molecule has 4 heteroatoms. The van der Waals surface area contributed by atoms with E-state index >= 15 is 0 Å². The number of hydrogen-bond acceptors (Lipinski definition) is 2. The lowest BCUT2D eigenvalue weighted by molar-refractivity contribution is -0.116. The van der Waals surface area contributed by atoms with E-state index in [4.69, 9.17) is 0 Å². The van der Waals surface area contributed by atoms with Gasteiger partial charge in [-0.3, -0.25) is 9.89 Å². The van der Waals surface area contributed by atoms with Gasteiger partial charge in [0.05, 0.1) is 0 Å². The van der Waals surface area contributed by atoms with Gasteiger partial charge in [-0.1, -0.05) is 37.1 Å². The molecule has 1 aromatic carbocycles.